The van der Waals surface area contributed by atoms with Crippen LogP contribution in [0.25, 0.3) is 0 Å². The van der Waals surface area contributed by atoms with Gasteiger partial charge in [0.2, 0.25) is 0 Å². The molecule has 0 spiro atoms. The zero-order valence-corrected chi connectivity index (χ0v) is 15.2. The first kappa shape index (κ1) is 19.1. The number of ether oxygens (including phenoxy) is 2. The molecule has 0 aliphatic heterocycles. The van der Waals surface area contributed by atoms with Gasteiger partial charge in [0.1, 0.15) is 5.75 Å². The Hall–Kier alpha value is -2.24. The fourth-order valence-corrected chi connectivity index (χ4v) is 2.29. The van der Waals surface area contributed by atoms with E-state index in [4.69, 9.17) is 32.7 Å². The van der Waals surface area contributed by atoms with Gasteiger partial charge in [-0.05, 0) is 50.2 Å². The molecule has 5 nitrogen and oxygen atoms in total. The van der Waals surface area contributed by atoms with Crippen molar-refractivity contribution in [1.29, 1.82) is 0 Å². The second-order valence-electron chi connectivity index (χ2n) is 5.42. The van der Waals surface area contributed by atoms with E-state index in [1.807, 2.05) is 13.8 Å². The number of esters is 1. The first-order valence-corrected chi connectivity index (χ1v) is 8.30. The van der Waals surface area contributed by atoms with Crippen LogP contribution in [-0.4, -0.2) is 24.6 Å². The first-order valence-electron chi connectivity index (χ1n) is 7.54. The average molecular weight is 382 g/mol. The maximum Gasteiger partial charge on any atom is 0.338 e. The highest BCUT2D eigenvalue weighted by Crippen LogP contribution is 2.29. The fraction of sp³-hybridized carbons (Fsp3) is 0.222. The standard InChI is InChI=1S/C18H17Cl2NO4/c1-11(2)25-13-8-6-12(7-9-13)18(23)24-10-16(22)21-15-5-3-4-14(19)17(15)20/h3-9,11H,10H2,1-2H3,(H,21,22). The van der Waals surface area contributed by atoms with Gasteiger partial charge in [-0.2, -0.15) is 0 Å². The molecule has 2 aromatic carbocycles. The summed E-state index contributed by atoms with van der Waals surface area (Å²) in [5, 5.41) is 3.08. The Morgan fingerprint density at radius 1 is 1.08 bits per heavy atom. The number of halogens is 2. The smallest absolute Gasteiger partial charge is 0.338 e. The largest absolute Gasteiger partial charge is 0.491 e. The zero-order valence-electron chi connectivity index (χ0n) is 13.7. The first-order chi connectivity index (χ1) is 11.9. The molecule has 1 amide bonds. The van der Waals surface area contributed by atoms with Gasteiger partial charge in [-0.1, -0.05) is 29.3 Å². The van der Waals surface area contributed by atoms with Crippen molar-refractivity contribution in [3.63, 3.8) is 0 Å². The van der Waals surface area contributed by atoms with E-state index in [1.165, 1.54) is 0 Å². The number of carbonyl (C=O) groups excluding carboxylic acids is 2. The molecule has 0 radical (unpaired) electrons. The number of nitrogens with one attached hydrogen (secondary N) is 1. The molecule has 1 N–H and O–H groups in total. The van der Waals surface area contributed by atoms with Crippen molar-refractivity contribution in [2.75, 3.05) is 11.9 Å². The molecule has 0 aromatic heterocycles. The molecule has 0 atom stereocenters. The summed E-state index contributed by atoms with van der Waals surface area (Å²) in [6.45, 7) is 3.38. The average Bonchev–Trinajstić information content (AvgIpc) is 2.57. The highest BCUT2D eigenvalue weighted by Gasteiger charge is 2.12. The zero-order chi connectivity index (χ0) is 18.4. The molecule has 0 aliphatic carbocycles. The summed E-state index contributed by atoms with van der Waals surface area (Å²) in [5.74, 6) is -0.472. The quantitative estimate of drug-likeness (QED) is 0.743. The summed E-state index contributed by atoms with van der Waals surface area (Å²) >= 11 is 11.9. The fourth-order valence-electron chi connectivity index (χ4n) is 1.94. The van der Waals surface area contributed by atoms with Crippen molar-refractivity contribution in [2.45, 2.75) is 20.0 Å². The van der Waals surface area contributed by atoms with Gasteiger partial charge in [0.05, 0.1) is 27.4 Å². The van der Waals surface area contributed by atoms with Gasteiger partial charge in [0.15, 0.2) is 6.61 Å². The van der Waals surface area contributed by atoms with Gasteiger partial charge < -0.3 is 14.8 Å². The number of hydrogen-bond acceptors (Lipinski definition) is 4. The molecule has 132 valence electrons. The Labute approximate surface area is 155 Å². The maximum absolute atomic E-state index is 12.0. The SMILES string of the molecule is CC(C)Oc1ccc(C(=O)OCC(=O)Nc2cccc(Cl)c2Cl)cc1. The highest BCUT2D eigenvalue weighted by atomic mass is 35.5. The van der Waals surface area contributed by atoms with Crippen LogP contribution in [0.3, 0.4) is 0 Å². The van der Waals surface area contributed by atoms with E-state index >= 15 is 0 Å². The lowest BCUT2D eigenvalue weighted by molar-refractivity contribution is -0.119. The molecule has 0 heterocycles. The summed E-state index contributed by atoms with van der Waals surface area (Å²) in [4.78, 5) is 23.8. The second-order valence-corrected chi connectivity index (χ2v) is 6.20. The lowest BCUT2D eigenvalue weighted by atomic mass is 10.2. The highest BCUT2D eigenvalue weighted by molar-refractivity contribution is 6.44. The Morgan fingerprint density at radius 2 is 1.76 bits per heavy atom. The molecule has 0 bridgehead atoms. The Kier molecular flexibility index (Phi) is 6.67. The predicted octanol–water partition coefficient (Wildman–Crippen LogP) is 4.58. The number of amides is 1. The topological polar surface area (TPSA) is 64.6 Å². The molecule has 0 fully saturated rings. The number of benzene rings is 2. The number of rotatable bonds is 6. The summed E-state index contributed by atoms with van der Waals surface area (Å²) < 4.78 is 10.5. The van der Waals surface area contributed by atoms with E-state index in [0.717, 1.165) is 0 Å². The molecule has 0 saturated heterocycles. The summed E-state index contributed by atoms with van der Waals surface area (Å²) in [7, 11) is 0. The van der Waals surface area contributed by atoms with Crippen molar-refractivity contribution in [1.82, 2.24) is 0 Å². The lowest BCUT2D eigenvalue weighted by Gasteiger charge is -2.10. The molecule has 2 rings (SSSR count). The minimum Gasteiger partial charge on any atom is -0.491 e. The maximum atomic E-state index is 12.0. The number of carbonyl (C=O) groups is 2. The summed E-state index contributed by atoms with van der Waals surface area (Å²) in [5.41, 5.74) is 0.676. The number of hydrogen-bond donors (Lipinski definition) is 1. The molecule has 25 heavy (non-hydrogen) atoms. The van der Waals surface area contributed by atoms with Crippen molar-refractivity contribution < 1.29 is 19.1 Å². The monoisotopic (exact) mass is 381 g/mol. The van der Waals surface area contributed by atoms with Crippen molar-refractivity contribution in [3.8, 4) is 5.75 Å². The van der Waals surface area contributed by atoms with Crippen LogP contribution < -0.4 is 10.1 Å². The Morgan fingerprint density at radius 3 is 2.40 bits per heavy atom. The van der Waals surface area contributed by atoms with Crippen molar-refractivity contribution >= 4 is 40.8 Å². The summed E-state index contributed by atoms with van der Waals surface area (Å²) in [6, 6.07) is 11.3. The van der Waals surface area contributed by atoms with Crippen LogP contribution in [0.2, 0.25) is 10.0 Å². The molecule has 0 aliphatic rings. The van der Waals surface area contributed by atoms with E-state index in [2.05, 4.69) is 5.32 Å². The van der Waals surface area contributed by atoms with E-state index in [1.54, 1.807) is 42.5 Å². The third kappa shape index (κ3) is 5.66. The van der Waals surface area contributed by atoms with Crippen LogP contribution in [-0.2, 0) is 9.53 Å². The van der Waals surface area contributed by atoms with Gasteiger partial charge in [0.25, 0.3) is 5.91 Å². The second kappa shape index (κ2) is 8.74. The van der Waals surface area contributed by atoms with Crippen LogP contribution in [0.5, 0.6) is 5.75 Å². The van der Waals surface area contributed by atoms with Gasteiger partial charge in [-0.3, -0.25) is 4.79 Å². The van der Waals surface area contributed by atoms with Crippen LogP contribution in [0, 0.1) is 0 Å². The van der Waals surface area contributed by atoms with Crippen LogP contribution in [0.15, 0.2) is 42.5 Å². The van der Waals surface area contributed by atoms with E-state index in [-0.39, 0.29) is 11.1 Å². The minimum absolute atomic E-state index is 0.0415. The van der Waals surface area contributed by atoms with Crippen molar-refractivity contribution in [2.24, 2.45) is 0 Å². The molecule has 2 aromatic rings. The van der Waals surface area contributed by atoms with E-state index < -0.39 is 18.5 Å². The van der Waals surface area contributed by atoms with Crippen LogP contribution >= 0.6 is 23.2 Å². The van der Waals surface area contributed by atoms with E-state index in [9.17, 15) is 9.59 Å². The normalized spacial score (nSPS) is 10.4. The third-order valence-electron chi connectivity index (χ3n) is 3.02. The number of anilines is 1. The molecule has 7 heteroatoms. The van der Waals surface area contributed by atoms with Crippen LogP contribution in [0.1, 0.15) is 24.2 Å². The van der Waals surface area contributed by atoms with Gasteiger partial charge in [-0.25, -0.2) is 4.79 Å². The van der Waals surface area contributed by atoms with Crippen LogP contribution in [0.4, 0.5) is 5.69 Å². The van der Waals surface area contributed by atoms with Gasteiger partial charge >= 0.3 is 5.97 Å². The third-order valence-corrected chi connectivity index (χ3v) is 3.84. The molecule has 0 unspecified atom stereocenters. The van der Waals surface area contributed by atoms with Gasteiger partial charge in [0, 0.05) is 0 Å². The molecular formula is C18H17Cl2NO4. The molecule has 0 saturated carbocycles. The Balaban J connectivity index is 1.88. The summed E-state index contributed by atoms with van der Waals surface area (Å²) in [6.07, 6.45) is 0.0415. The van der Waals surface area contributed by atoms with Gasteiger partial charge in [-0.15, -0.1) is 0 Å². The minimum atomic E-state index is -0.608. The van der Waals surface area contributed by atoms with E-state index in [0.29, 0.717) is 22.0 Å². The van der Waals surface area contributed by atoms with Crippen molar-refractivity contribution in [3.05, 3.63) is 58.1 Å². The molecular weight excluding hydrogens is 365 g/mol. The lowest BCUT2D eigenvalue weighted by Crippen LogP contribution is -2.21. The predicted molar refractivity (Wildman–Crippen MR) is 97.6 cm³/mol. The Bertz CT molecular complexity index is 760.